The van der Waals surface area contributed by atoms with Crippen molar-refractivity contribution in [1.82, 2.24) is 9.88 Å². The molecular weight excluding hydrogens is 343 g/mol. The molecule has 4 nitrogen and oxygen atoms in total. The summed E-state index contributed by atoms with van der Waals surface area (Å²) in [5, 5.41) is 2.89. The number of hydrogen-bond donors (Lipinski definition) is 1. The summed E-state index contributed by atoms with van der Waals surface area (Å²) in [5.41, 5.74) is 0.459. The van der Waals surface area contributed by atoms with Gasteiger partial charge in [0.25, 0.3) is 5.91 Å². The van der Waals surface area contributed by atoms with Gasteiger partial charge in [-0.1, -0.05) is 13.0 Å². The standard InChI is InChI=1S/C19H20F3N3O/c1-13-5-7-25(8-6-13)18(26)14-9-17(12-23-11-14)24-16-4-2-3-15(10-16)19(20,21)22/h2-4,9-13,24H,5-8H2,1H3. The van der Waals surface area contributed by atoms with E-state index in [1.807, 2.05) is 0 Å². The van der Waals surface area contributed by atoms with Gasteiger partial charge in [-0.05, 0) is 43.0 Å². The molecule has 0 radical (unpaired) electrons. The summed E-state index contributed by atoms with van der Waals surface area (Å²) in [6, 6.07) is 6.53. The number of likely N-dealkylation sites (tertiary alicyclic amines) is 1. The van der Waals surface area contributed by atoms with E-state index in [1.54, 1.807) is 11.0 Å². The Hall–Kier alpha value is -2.57. The SMILES string of the molecule is CC1CCN(C(=O)c2cncc(Nc3cccc(C(F)(F)F)c3)c2)CC1. The Bertz CT molecular complexity index is 784. The Balaban J connectivity index is 1.74. The molecule has 1 aromatic heterocycles. The van der Waals surface area contributed by atoms with Crippen molar-refractivity contribution in [3.63, 3.8) is 0 Å². The van der Waals surface area contributed by atoms with Crippen LogP contribution in [0.5, 0.6) is 0 Å². The number of carbonyl (C=O) groups is 1. The Morgan fingerprint density at radius 3 is 2.58 bits per heavy atom. The third-order valence-electron chi connectivity index (χ3n) is 4.53. The molecule has 0 spiro atoms. The molecule has 1 N–H and O–H groups in total. The van der Waals surface area contributed by atoms with Crippen LogP contribution in [0.25, 0.3) is 0 Å². The van der Waals surface area contributed by atoms with Gasteiger partial charge in [0, 0.05) is 25.0 Å². The minimum Gasteiger partial charge on any atom is -0.354 e. The molecule has 1 fully saturated rings. The monoisotopic (exact) mass is 363 g/mol. The van der Waals surface area contributed by atoms with E-state index in [2.05, 4.69) is 17.2 Å². The van der Waals surface area contributed by atoms with Gasteiger partial charge in [0.15, 0.2) is 0 Å². The molecule has 1 amide bonds. The maximum Gasteiger partial charge on any atom is 0.416 e. The molecule has 26 heavy (non-hydrogen) atoms. The molecule has 0 saturated carbocycles. The number of aromatic nitrogens is 1. The molecule has 2 heterocycles. The quantitative estimate of drug-likeness (QED) is 0.859. The summed E-state index contributed by atoms with van der Waals surface area (Å²) in [6.07, 6.45) is 0.509. The predicted octanol–water partition coefficient (Wildman–Crippen LogP) is 4.72. The van der Waals surface area contributed by atoms with E-state index in [9.17, 15) is 18.0 Å². The van der Waals surface area contributed by atoms with E-state index in [-0.39, 0.29) is 11.6 Å². The van der Waals surface area contributed by atoms with Gasteiger partial charge in [-0.25, -0.2) is 0 Å². The molecule has 0 atom stereocenters. The molecule has 1 aliphatic heterocycles. The minimum absolute atomic E-state index is 0.0999. The lowest BCUT2D eigenvalue weighted by Gasteiger charge is -2.30. The average Bonchev–Trinajstić information content (AvgIpc) is 2.61. The van der Waals surface area contributed by atoms with Crippen molar-refractivity contribution in [2.45, 2.75) is 25.9 Å². The minimum atomic E-state index is -4.40. The van der Waals surface area contributed by atoms with Gasteiger partial charge in [0.2, 0.25) is 0 Å². The molecule has 7 heteroatoms. The van der Waals surface area contributed by atoms with E-state index in [1.165, 1.54) is 24.5 Å². The maximum atomic E-state index is 12.8. The first-order valence-electron chi connectivity index (χ1n) is 8.51. The summed E-state index contributed by atoms with van der Waals surface area (Å²) in [6.45, 7) is 3.60. The van der Waals surface area contributed by atoms with Crippen LogP contribution in [-0.2, 0) is 6.18 Å². The average molecular weight is 363 g/mol. The van der Waals surface area contributed by atoms with Gasteiger partial charge in [-0.15, -0.1) is 0 Å². The number of piperidine rings is 1. The van der Waals surface area contributed by atoms with Crippen LogP contribution < -0.4 is 5.32 Å². The lowest BCUT2D eigenvalue weighted by Crippen LogP contribution is -2.37. The summed E-state index contributed by atoms with van der Waals surface area (Å²) < 4.78 is 38.5. The van der Waals surface area contributed by atoms with Crippen LogP contribution in [0.1, 0.15) is 35.7 Å². The van der Waals surface area contributed by atoms with Crippen LogP contribution in [0.15, 0.2) is 42.7 Å². The topological polar surface area (TPSA) is 45.2 Å². The zero-order valence-electron chi connectivity index (χ0n) is 14.4. The highest BCUT2D eigenvalue weighted by Crippen LogP contribution is 2.31. The molecule has 1 saturated heterocycles. The van der Waals surface area contributed by atoms with Crippen molar-refractivity contribution in [2.75, 3.05) is 18.4 Å². The Morgan fingerprint density at radius 2 is 1.88 bits per heavy atom. The fourth-order valence-corrected chi connectivity index (χ4v) is 2.96. The molecule has 138 valence electrons. The smallest absolute Gasteiger partial charge is 0.354 e. The zero-order chi connectivity index (χ0) is 18.7. The van der Waals surface area contributed by atoms with E-state index in [0.29, 0.717) is 30.3 Å². The first-order valence-corrected chi connectivity index (χ1v) is 8.51. The van der Waals surface area contributed by atoms with Gasteiger partial charge in [-0.2, -0.15) is 13.2 Å². The number of halogens is 3. The lowest BCUT2D eigenvalue weighted by atomic mass is 9.99. The summed E-state index contributed by atoms with van der Waals surface area (Å²) in [4.78, 5) is 18.5. The Labute approximate surface area is 150 Å². The largest absolute Gasteiger partial charge is 0.416 e. The van der Waals surface area contributed by atoms with Crippen LogP contribution in [-0.4, -0.2) is 28.9 Å². The number of benzene rings is 1. The Morgan fingerprint density at radius 1 is 1.15 bits per heavy atom. The fourth-order valence-electron chi connectivity index (χ4n) is 2.96. The summed E-state index contributed by atoms with van der Waals surface area (Å²) >= 11 is 0. The third-order valence-corrected chi connectivity index (χ3v) is 4.53. The number of nitrogens with one attached hydrogen (secondary N) is 1. The molecule has 1 aliphatic rings. The van der Waals surface area contributed by atoms with E-state index < -0.39 is 11.7 Å². The Kier molecular flexibility index (Phi) is 5.15. The number of nitrogens with zero attached hydrogens (tertiary/aromatic N) is 2. The molecule has 1 aromatic carbocycles. The third kappa shape index (κ3) is 4.33. The first kappa shape index (κ1) is 18.2. The second kappa shape index (κ2) is 7.35. The fraction of sp³-hybridized carbons (Fsp3) is 0.368. The molecule has 0 aliphatic carbocycles. The highest BCUT2D eigenvalue weighted by atomic mass is 19.4. The van der Waals surface area contributed by atoms with Crippen LogP contribution in [0.4, 0.5) is 24.5 Å². The normalized spacial score (nSPS) is 15.8. The number of pyridine rings is 1. The van der Waals surface area contributed by atoms with Crippen molar-refractivity contribution in [1.29, 1.82) is 0 Å². The van der Waals surface area contributed by atoms with Gasteiger partial charge < -0.3 is 10.2 Å². The van der Waals surface area contributed by atoms with Crippen molar-refractivity contribution in [2.24, 2.45) is 5.92 Å². The van der Waals surface area contributed by atoms with Crippen molar-refractivity contribution in [3.05, 3.63) is 53.9 Å². The highest BCUT2D eigenvalue weighted by Gasteiger charge is 2.30. The number of alkyl halides is 3. The summed E-state index contributed by atoms with van der Waals surface area (Å²) in [5.74, 6) is 0.517. The second-order valence-electron chi connectivity index (χ2n) is 6.64. The van der Waals surface area contributed by atoms with Crippen LogP contribution in [0, 0.1) is 5.92 Å². The number of rotatable bonds is 3. The van der Waals surface area contributed by atoms with Gasteiger partial charge >= 0.3 is 6.18 Å². The van der Waals surface area contributed by atoms with Crippen molar-refractivity contribution < 1.29 is 18.0 Å². The molecule has 2 aromatic rings. The van der Waals surface area contributed by atoms with E-state index >= 15 is 0 Å². The van der Waals surface area contributed by atoms with Crippen LogP contribution in [0.2, 0.25) is 0 Å². The number of anilines is 2. The second-order valence-corrected chi connectivity index (χ2v) is 6.64. The zero-order valence-corrected chi connectivity index (χ0v) is 14.4. The van der Waals surface area contributed by atoms with Crippen molar-refractivity contribution in [3.8, 4) is 0 Å². The molecule has 0 unspecified atom stereocenters. The number of hydrogen-bond acceptors (Lipinski definition) is 3. The van der Waals surface area contributed by atoms with Crippen LogP contribution >= 0.6 is 0 Å². The molecule has 3 rings (SSSR count). The maximum absolute atomic E-state index is 12.8. The van der Waals surface area contributed by atoms with Crippen molar-refractivity contribution >= 4 is 17.3 Å². The van der Waals surface area contributed by atoms with Gasteiger partial charge in [-0.3, -0.25) is 9.78 Å². The molecule has 0 bridgehead atoms. The van der Waals surface area contributed by atoms with Gasteiger partial charge in [0.05, 0.1) is 23.0 Å². The van der Waals surface area contributed by atoms with Gasteiger partial charge in [0.1, 0.15) is 0 Å². The molecular formula is C19H20F3N3O. The van der Waals surface area contributed by atoms with Crippen LogP contribution in [0.3, 0.4) is 0 Å². The first-order chi connectivity index (χ1) is 12.3. The van der Waals surface area contributed by atoms with E-state index in [0.717, 1.165) is 25.0 Å². The summed E-state index contributed by atoms with van der Waals surface area (Å²) in [7, 11) is 0. The predicted molar refractivity (Wildman–Crippen MR) is 93.3 cm³/mol. The lowest BCUT2D eigenvalue weighted by molar-refractivity contribution is -0.137. The highest BCUT2D eigenvalue weighted by molar-refractivity contribution is 5.95. The number of carbonyl (C=O) groups excluding carboxylic acids is 1. The number of amides is 1. The van der Waals surface area contributed by atoms with E-state index in [4.69, 9.17) is 0 Å².